The van der Waals surface area contributed by atoms with Gasteiger partial charge in [0, 0.05) is 29.0 Å². The number of rotatable bonds is 6. The third kappa shape index (κ3) is 4.39. The first-order chi connectivity index (χ1) is 11.8. The molecule has 0 bridgehead atoms. The number of hydrogen-bond donors (Lipinski definition) is 0. The molecule has 0 radical (unpaired) electrons. The van der Waals surface area contributed by atoms with Gasteiger partial charge in [-0.2, -0.15) is 0 Å². The molecule has 0 spiro atoms. The molecule has 0 aliphatic heterocycles. The van der Waals surface area contributed by atoms with Gasteiger partial charge < -0.3 is 4.74 Å². The second-order valence-corrected chi connectivity index (χ2v) is 7.61. The molecular weight excluding hydrogens is 389 g/mol. The van der Waals surface area contributed by atoms with Crippen molar-refractivity contribution in [3.63, 3.8) is 0 Å². The van der Waals surface area contributed by atoms with E-state index in [9.17, 15) is 13.2 Å². The number of halogens is 2. The zero-order chi connectivity index (χ0) is 18.6. The zero-order valence-electron chi connectivity index (χ0n) is 13.4. The fourth-order valence-corrected chi connectivity index (χ4v) is 4.29. The lowest BCUT2D eigenvalue weighted by Crippen LogP contribution is -2.34. The predicted molar refractivity (Wildman–Crippen MR) is 95.5 cm³/mol. The molecule has 1 aromatic heterocycles. The number of anilines is 1. The van der Waals surface area contributed by atoms with Crippen molar-refractivity contribution in [3.8, 4) is 0 Å². The van der Waals surface area contributed by atoms with Crippen LogP contribution in [0.4, 0.5) is 5.82 Å². The van der Waals surface area contributed by atoms with E-state index in [2.05, 4.69) is 14.7 Å². The molecule has 1 heterocycles. The molecule has 25 heavy (non-hydrogen) atoms. The lowest BCUT2D eigenvalue weighted by Gasteiger charge is -2.23. The largest absolute Gasteiger partial charge is 0.464 e. The van der Waals surface area contributed by atoms with Crippen molar-refractivity contribution in [1.82, 2.24) is 9.97 Å². The van der Waals surface area contributed by atoms with E-state index in [-0.39, 0.29) is 28.8 Å². The third-order valence-corrected chi connectivity index (χ3v) is 5.64. The number of benzene rings is 1. The van der Waals surface area contributed by atoms with Gasteiger partial charge in [-0.25, -0.2) is 23.2 Å². The maximum Gasteiger partial charge on any atom is 0.360 e. The smallest absolute Gasteiger partial charge is 0.360 e. The number of methoxy groups -OCH3 is 1. The van der Waals surface area contributed by atoms with Gasteiger partial charge >= 0.3 is 5.97 Å². The molecule has 7 nitrogen and oxygen atoms in total. The Bertz CT molecular complexity index is 890. The van der Waals surface area contributed by atoms with Gasteiger partial charge in [-0.05, 0) is 24.6 Å². The number of esters is 1. The van der Waals surface area contributed by atoms with Gasteiger partial charge in [-0.3, -0.25) is 4.31 Å². The van der Waals surface area contributed by atoms with Crippen molar-refractivity contribution in [2.75, 3.05) is 18.0 Å². The highest BCUT2D eigenvalue weighted by atomic mass is 35.5. The number of sulfonamides is 1. The Labute approximate surface area is 155 Å². The molecule has 1 aromatic carbocycles. The summed E-state index contributed by atoms with van der Waals surface area (Å²) in [5.41, 5.74) is 0.200. The van der Waals surface area contributed by atoms with Gasteiger partial charge in [0.2, 0.25) is 10.0 Å². The van der Waals surface area contributed by atoms with Crippen molar-refractivity contribution >= 4 is 45.0 Å². The molecule has 0 N–H and O–H groups in total. The minimum Gasteiger partial charge on any atom is -0.464 e. The summed E-state index contributed by atoms with van der Waals surface area (Å²) in [6.07, 6.45) is 2.58. The Morgan fingerprint density at radius 1 is 1.24 bits per heavy atom. The Morgan fingerprint density at radius 2 is 1.92 bits per heavy atom. The van der Waals surface area contributed by atoms with Crippen LogP contribution in [-0.2, 0) is 20.5 Å². The first kappa shape index (κ1) is 19.4. The van der Waals surface area contributed by atoms with Crippen LogP contribution in [0.3, 0.4) is 0 Å². The quantitative estimate of drug-likeness (QED) is 0.688. The van der Waals surface area contributed by atoms with Crippen LogP contribution in [0.15, 0.2) is 30.6 Å². The van der Waals surface area contributed by atoms with Gasteiger partial charge in [0.15, 0.2) is 11.5 Å². The molecule has 0 atom stereocenters. The van der Waals surface area contributed by atoms with E-state index in [1.165, 1.54) is 31.6 Å². The standard InChI is InChI=1S/C15H15Cl2N3O4S/c1-3-20(14-13(15(21)24-2)18-6-7-19-14)25(22,23)9-10-4-5-11(16)8-12(10)17/h4-8H,3,9H2,1-2H3. The van der Waals surface area contributed by atoms with Crippen LogP contribution in [0.2, 0.25) is 10.0 Å². The van der Waals surface area contributed by atoms with Crippen LogP contribution in [-0.4, -0.2) is 38.0 Å². The van der Waals surface area contributed by atoms with E-state index >= 15 is 0 Å². The maximum absolute atomic E-state index is 12.8. The van der Waals surface area contributed by atoms with E-state index < -0.39 is 16.0 Å². The molecule has 134 valence electrons. The number of ether oxygens (including phenoxy) is 1. The first-order valence-corrected chi connectivity index (χ1v) is 9.50. The van der Waals surface area contributed by atoms with Crippen molar-refractivity contribution in [1.29, 1.82) is 0 Å². The number of nitrogens with zero attached hydrogens (tertiary/aromatic N) is 3. The van der Waals surface area contributed by atoms with E-state index in [0.717, 1.165) is 4.31 Å². The lowest BCUT2D eigenvalue weighted by molar-refractivity contribution is 0.0594. The molecule has 0 unspecified atom stereocenters. The summed E-state index contributed by atoms with van der Waals surface area (Å²) in [6, 6.07) is 4.55. The molecule has 0 amide bonds. The Balaban J connectivity index is 2.44. The van der Waals surface area contributed by atoms with Gasteiger partial charge in [0.1, 0.15) is 0 Å². The van der Waals surface area contributed by atoms with Crippen LogP contribution in [0.25, 0.3) is 0 Å². The Kier molecular flexibility index (Phi) is 6.21. The average molecular weight is 404 g/mol. The van der Waals surface area contributed by atoms with Crippen molar-refractivity contribution in [2.45, 2.75) is 12.7 Å². The molecule has 10 heteroatoms. The van der Waals surface area contributed by atoms with Crippen LogP contribution >= 0.6 is 23.2 Å². The summed E-state index contributed by atoms with van der Waals surface area (Å²) in [7, 11) is -2.70. The van der Waals surface area contributed by atoms with Gasteiger partial charge in [0.05, 0.1) is 12.9 Å². The summed E-state index contributed by atoms with van der Waals surface area (Å²) in [4.78, 5) is 19.7. The van der Waals surface area contributed by atoms with Gasteiger partial charge in [-0.15, -0.1) is 0 Å². The van der Waals surface area contributed by atoms with Gasteiger partial charge in [0.25, 0.3) is 0 Å². The molecular formula is C15H15Cl2N3O4S. The average Bonchev–Trinajstić information content (AvgIpc) is 2.57. The minimum absolute atomic E-state index is 0.0518. The van der Waals surface area contributed by atoms with E-state index in [1.54, 1.807) is 13.0 Å². The lowest BCUT2D eigenvalue weighted by atomic mass is 10.2. The molecule has 0 fully saturated rings. The van der Waals surface area contributed by atoms with Crippen LogP contribution in [0.1, 0.15) is 23.0 Å². The Hall–Kier alpha value is -1.90. The third-order valence-electron chi connectivity index (χ3n) is 3.27. The zero-order valence-corrected chi connectivity index (χ0v) is 15.8. The Morgan fingerprint density at radius 3 is 2.52 bits per heavy atom. The summed E-state index contributed by atoms with van der Waals surface area (Å²) < 4.78 is 31.3. The maximum atomic E-state index is 12.8. The van der Waals surface area contributed by atoms with E-state index in [4.69, 9.17) is 23.2 Å². The van der Waals surface area contributed by atoms with E-state index in [0.29, 0.717) is 10.6 Å². The van der Waals surface area contributed by atoms with Crippen molar-refractivity contribution in [3.05, 3.63) is 51.9 Å². The fraction of sp³-hybridized carbons (Fsp3) is 0.267. The van der Waals surface area contributed by atoms with E-state index in [1.807, 2.05) is 0 Å². The van der Waals surface area contributed by atoms with Crippen molar-refractivity contribution in [2.24, 2.45) is 0 Å². The molecule has 0 saturated carbocycles. The van der Waals surface area contributed by atoms with Gasteiger partial charge in [-0.1, -0.05) is 29.3 Å². The highest BCUT2D eigenvalue weighted by molar-refractivity contribution is 7.92. The normalized spacial score (nSPS) is 11.2. The predicted octanol–water partition coefficient (Wildman–Crippen LogP) is 2.93. The highest BCUT2D eigenvalue weighted by Crippen LogP contribution is 2.26. The van der Waals surface area contributed by atoms with Crippen LogP contribution in [0.5, 0.6) is 0 Å². The number of hydrogen-bond acceptors (Lipinski definition) is 6. The topological polar surface area (TPSA) is 89.5 Å². The minimum atomic E-state index is -3.88. The molecule has 2 aromatic rings. The number of aromatic nitrogens is 2. The monoisotopic (exact) mass is 403 g/mol. The van der Waals surface area contributed by atoms with Crippen molar-refractivity contribution < 1.29 is 17.9 Å². The molecule has 2 rings (SSSR count). The number of carbonyl (C=O) groups excluding carboxylic acids is 1. The molecule has 0 saturated heterocycles. The molecule has 0 aliphatic rings. The SMILES string of the molecule is CCN(c1nccnc1C(=O)OC)S(=O)(=O)Cc1ccc(Cl)cc1Cl. The second kappa shape index (κ2) is 7.99. The summed E-state index contributed by atoms with van der Waals surface area (Å²) in [5, 5.41) is 0.639. The van der Waals surface area contributed by atoms with Crippen LogP contribution in [0, 0.1) is 0 Å². The first-order valence-electron chi connectivity index (χ1n) is 7.13. The summed E-state index contributed by atoms with van der Waals surface area (Å²) >= 11 is 11.9. The summed E-state index contributed by atoms with van der Waals surface area (Å²) in [5.74, 6) is -1.25. The fourth-order valence-electron chi connectivity index (χ4n) is 2.15. The second-order valence-electron chi connectivity index (χ2n) is 4.88. The number of carbonyl (C=O) groups is 1. The summed E-state index contributed by atoms with van der Waals surface area (Å²) in [6.45, 7) is 1.67. The molecule has 0 aliphatic carbocycles. The highest BCUT2D eigenvalue weighted by Gasteiger charge is 2.28. The van der Waals surface area contributed by atoms with Crippen LogP contribution < -0.4 is 4.31 Å².